The lowest BCUT2D eigenvalue weighted by molar-refractivity contribution is 0.667. The molecule has 0 nitrogen and oxygen atoms in total. The Morgan fingerprint density at radius 2 is 0.960 bits per heavy atom. The molecule has 11 rings (SSSR count). The van der Waals surface area contributed by atoms with Gasteiger partial charge >= 0.3 is 0 Å². The molecule has 0 amide bonds. The molecule has 1 heterocycles. The minimum absolute atomic E-state index is 0.141. The highest BCUT2D eigenvalue weighted by Crippen LogP contribution is 2.58. The van der Waals surface area contributed by atoms with Crippen LogP contribution in [0.3, 0.4) is 0 Å². The van der Waals surface area contributed by atoms with Gasteiger partial charge in [0.15, 0.2) is 0 Å². The Bertz CT molecular complexity index is 3000. The summed E-state index contributed by atoms with van der Waals surface area (Å²) in [5.74, 6) is 0. The van der Waals surface area contributed by atoms with Gasteiger partial charge in [0.05, 0.1) is 0 Å². The summed E-state index contributed by atoms with van der Waals surface area (Å²) in [7, 11) is 0. The van der Waals surface area contributed by atoms with Crippen LogP contribution in [0.4, 0.5) is 0 Å². The Morgan fingerprint density at radius 1 is 0.420 bits per heavy atom. The lowest BCUT2D eigenvalue weighted by Crippen LogP contribution is -2.15. The third-order valence-corrected chi connectivity index (χ3v) is 12.6. The first kappa shape index (κ1) is 28.1. The molecule has 50 heavy (non-hydrogen) atoms. The zero-order chi connectivity index (χ0) is 33.1. The van der Waals surface area contributed by atoms with Crippen molar-refractivity contribution in [1.29, 1.82) is 0 Å². The predicted octanol–water partition coefficient (Wildman–Crippen LogP) is 14.3. The Hall–Kier alpha value is -5.76. The van der Waals surface area contributed by atoms with Crippen molar-refractivity contribution >= 4 is 74.6 Å². The second-order valence-corrected chi connectivity index (χ2v) is 15.4. The molecule has 234 valence electrons. The lowest BCUT2D eigenvalue weighted by atomic mass is 9.79. The van der Waals surface area contributed by atoms with Crippen LogP contribution in [0.15, 0.2) is 158 Å². The molecule has 1 aliphatic carbocycles. The molecule has 0 atom stereocenters. The Balaban J connectivity index is 1.25. The predicted molar refractivity (Wildman–Crippen MR) is 218 cm³/mol. The molecule has 0 spiro atoms. The summed E-state index contributed by atoms with van der Waals surface area (Å²) in [4.78, 5) is 0. The molecule has 0 bridgehead atoms. The van der Waals surface area contributed by atoms with E-state index in [0.29, 0.717) is 0 Å². The van der Waals surface area contributed by atoms with Crippen molar-refractivity contribution in [2.75, 3.05) is 0 Å². The molecule has 1 heteroatoms. The van der Waals surface area contributed by atoms with Gasteiger partial charge in [0.2, 0.25) is 0 Å². The summed E-state index contributed by atoms with van der Waals surface area (Å²) in [6.45, 7) is 4.86. The lowest BCUT2D eigenvalue weighted by Gasteiger charge is -2.23. The number of hydrogen-bond acceptors (Lipinski definition) is 1. The summed E-state index contributed by atoms with van der Waals surface area (Å²) >= 11 is 1.94. The van der Waals surface area contributed by atoms with Crippen molar-refractivity contribution in [1.82, 2.24) is 0 Å². The van der Waals surface area contributed by atoms with Gasteiger partial charge in [-0.2, -0.15) is 0 Å². The first-order valence-electron chi connectivity index (χ1n) is 17.5. The molecular weight excluding hydrogens is 621 g/mol. The molecule has 0 aliphatic heterocycles. The molecule has 0 N–H and O–H groups in total. The van der Waals surface area contributed by atoms with Gasteiger partial charge < -0.3 is 0 Å². The molecule has 10 aromatic rings. The molecule has 9 aromatic carbocycles. The maximum absolute atomic E-state index is 2.52. The number of benzene rings is 9. The third kappa shape index (κ3) is 3.65. The van der Waals surface area contributed by atoms with Gasteiger partial charge in [-0.3, -0.25) is 0 Å². The van der Waals surface area contributed by atoms with Crippen LogP contribution in [-0.2, 0) is 5.41 Å². The van der Waals surface area contributed by atoms with Crippen LogP contribution in [-0.4, -0.2) is 0 Å². The van der Waals surface area contributed by atoms with Gasteiger partial charge in [-0.25, -0.2) is 0 Å². The third-order valence-electron chi connectivity index (χ3n) is 11.4. The Morgan fingerprint density at radius 3 is 1.66 bits per heavy atom. The monoisotopic (exact) mass is 652 g/mol. The molecule has 0 saturated carbocycles. The molecule has 0 unspecified atom stereocenters. The smallest absolute Gasteiger partial charge is 0.0437 e. The van der Waals surface area contributed by atoms with E-state index in [-0.39, 0.29) is 5.41 Å². The number of hydrogen-bond donors (Lipinski definition) is 0. The van der Waals surface area contributed by atoms with Crippen LogP contribution in [0.1, 0.15) is 25.0 Å². The van der Waals surface area contributed by atoms with Gasteiger partial charge in [0.25, 0.3) is 0 Å². The average Bonchev–Trinajstić information content (AvgIpc) is 3.66. The second kappa shape index (κ2) is 10.1. The minimum atomic E-state index is -0.141. The van der Waals surface area contributed by atoms with E-state index in [1.54, 1.807) is 0 Å². The number of rotatable bonds is 2. The summed E-state index contributed by atoms with van der Waals surface area (Å²) in [5, 5.41) is 13.2. The average molecular weight is 653 g/mol. The normalized spacial score (nSPS) is 13.6. The van der Waals surface area contributed by atoms with Gasteiger partial charge in [-0.15, -0.1) is 11.3 Å². The zero-order valence-corrected chi connectivity index (χ0v) is 28.7. The summed E-state index contributed by atoms with van der Waals surface area (Å²) in [5.41, 5.74) is 10.7. The van der Waals surface area contributed by atoms with E-state index < -0.39 is 0 Å². The van der Waals surface area contributed by atoms with Crippen LogP contribution >= 0.6 is 11.3 Å². The van der Waals surface area contributed by atoms with Crippen molar-refractivity contribution in [3.8, 4) is 33.4 Å². The van der Waals surface area contributed by atoms with Crippen molar-refractivity contribution < 1.29 is 0 Å². The van der Waals surface area contributed by atoms with E-state index >= 15 is 0 Å². The summed E-state index contributed by atoms with van der Waals surface area (Å²) < 4.78 is 2.76. The topological polar surface area (TPSA) is 0 Å². The number of fused-ring (bicyclic) bond motifs is 13. The quantitative estimate of drug-likeness (QED) is 0.163. The molecule has 1 aromatic heterocycles. The van der Waals surface area contributed by atoms with E-state index in [0.717, 1.165) is 0 Å². The van der Waals surface area contributed by atoms with Gasteiger partial charge in [-0.1, -0.05) is 159 Å². The SMILES string of the molecule is CC1(C)c2ccc(-c3c4ccccc4c(-c4cccc5ccccc45)c4ccccc34)cc2-c2c1c1c3ccccc3sc1c1ccccc21. The fourth-order valence-corrected chi connectivity index (χ4v) is 10.6. The number of thiophene rings is 1. The minimum Gasteiger partial charge on any atom is -0.135 e. The van der Waals surface area contributed by atoms with Crippen LogP contribution in [0.2, 0.25) is 0 Å². The fraction of sp³-hybridized carbons (Fsp3) is 0.0612. The molecule has 0 fully saturated rings. The first-order valence-corrected chi connectivity index (χ1v) is 18.3. The Labute approximate surface area is 294 Å². The van der Waals surface area contributed by atoms with Crippen molar-refractivity contribution in [2.24, 2.45) is 0 Å². The van der Waals surface area contributed by atoms with Crippen LogP contribution in [0, 0.1) is 0 Å². The van der Waals surface area contributed by atoms with Crippen molar-refractivity contribution in [2.45, 2.75) is 19.3 Å². The van der Waals surface area contributed by atoms with Crippen molar-refractivity contribution in [3.05, 3.63) is 169 Å². The van der Waals surface area contributed by atoms with Crippen LogP contribution < -0.4 is 0 Å². The second-order valence-electron chi connectivity index (χ2n) is 14.4. The van der Waals surface area contributed by atoms with E-state index in [9.17, 15) is 0 Å². The molecular formula is C49H32S. The van der Waals surface area contributed by atoms with E-state index in [1.165, 1.54) is 108 Å². The molecule has 0 saturated heterocycles. The molecule has 0 radical (unpaired) electrons. The van der Waals surface area contributed by atoms with Crippen molar-refractivity contribution in [3.63, 3.8) is 0 Å². The summed E-state index contributed by atoms with van der Waals surface area (Å²) in [6, 6.07) is 59.0. The van der Waals surface area contributed by atoms with E-state index in [2.05, 4.69) is 172 Å². The van der Waals surface area contributed by atoms with Gasteiger partial charge in [0, 0.05) is 31.0 Å². The Kier molecular flexibility index (Phi) is 5.70. The highest BCUT2D eigenvalue weighted by molar-refractivity contribution is 7.26. The zero-order valence-electron chi connectivity index (χ0n) is 27.9. The van der Waals surface area contributed by atoms with Crippen LogP contribution in [0.25, 0.3) is 96.6 Å². The highest BCUT2D eigenvalue weighted by atomic mass is 32.1. The molecule has 1 aliphatic rings. The maximum Gasteiger partial charge on any atom is 0.0437 e. The highest BCUT2D eigenvalue weighted by Gasteiger charge is 2.39. The first-order chi connectivity index (χ1) is 24.6. The van der Waals surface area contributed by atoms with E-state index in [4.69, 9.17) is 0 Å². The van der Waals surface area contributed by atoms with Gasteiger partial charge in [0.1, 0.15) is 0 Å². The van der Waals surface area contributed by atoms with E-state index in [1.807, 2.05) is 11.3 Å². The summed E-state index contributed by atoms with van der Waals surface area (Å²) in [6.07, 6.45) is 0. The van der Waals surface area contributed by atoms with Gasteiger partial charge in [-0.05, 0) is 94.3 Å². The standard InChI is InChI=1S/C49H32S/c1-49(2)41-27-26-30(28-40(41)45-37-21-9-10-22-38(37)48-46(47(45)49)39-23-11-12-25-42(39)50-48)43-33-17-5-7-19-35(33)44(36-20-8-6-18-34(36)43)32-24-13-15-29-14-3-4-16-31(29)32/h3-28H,1-2H3. The largest absolute Gasteiger partial charge is 0.135 e. The fourth-order valence-electron chi connectivity index (χ4n) is 9.31. The maximum atomic E-state index is 2.52. The van der Waals surface area contributed by atoms with Crippen LogP contribution in [0.5, 0.6) is 0 Å².